The first-order valence-corrected chi connectivity index (χ1v) is 8.08. The van der Waals surface area contributed by atoms with Gasteiger partial charge in [-0.25, -0.2) is 0 Å². The monoisotopic (exact) mass is 310 g/mol. The predicted molar refractivity (Wildman–Crippen MR) is 82.2 cm³/mol. The quantitative estimate of drug-likeness (QED) is 0.931. The molecule has 0 spiro atoms. The second-order valence-corrected chi connectivity index (χ2v) is 6.84. The lowest BCUT2D eigenvalue weighted by Crippen LogP contribution is -2.52. The van der Waals surface area contributed by atoms with Crippen molar-refractivity contribution in [2.24, 2.45) is 5.92 Å². The van der Waals surface area contributed by atoms with Gasteiger partial charge in [0.15, 0.2) is 0 Å². The first-order valence-electron chi connectivity index (χ1n) is 7.70. The van der Waals surface area contributed by atoms with Crippen LogP contribution in [0.15, 0.2) is 18.5 Å². The van der Waals surface area contributed by atoms with Crippen LogP contribution in [0.4, 0.5) is 0 Å². The van der Waals surface area contributed by atoms with Crippen molar-refractivity contribution in [3.8, 4) is 0 Å². The molecule has 2 saturated heterocycles. The number of pyridine rings is 1. The van der Waals surface area contributed by atoms with E-state index in [1.807, 2.05) is 13.0 Å². The lowest BCUT2D eigenvalue weighted by Gasteiger charge is -2.43. The minimum absolute atomic E-state index is 0.175. The normalized spacial score (nSPS) is 34.2. The Bertz CT molecular complexity index is 495. The summed E-state index contributed by atoms with van der Waals surface area (Å²) in [5.74, 6) is 0.175. The fraction of sp³-hybridized carbons (Fsp3) is 0.688. The Kier molecular flexibility index (Phi) is 4.50. The summed E-state index contributed by atoms with van der Waals surface area (Å²) >= 11 is 6.23. The molecular formula is C16H23ClN2O2. The van der Waals surface area contributed by atoms with E-state index in [4.69, 9.17) is 16.3 Å². The molecule has 2 aliphatic rings. The first kappa shape index (κ1) is 15.2. The van der Waals surface area contributed by atoms with E-state index in [1.165, 1.54) is 6.42 Å². The molecule has 0 radical (unpaired) electrons. The Hall–Kier alpha value is -0.680. The third-order valence-electron chi connectivity index (χ3n) is 4.96. The number of likely N-dealkylation sites (tertiary alicyclic amines) is 1. The summed E-state index contributed by atoms with van der Waals surface area (Å²) in [4.78, 5) is 6.48. The van der Waals surface area contributed by atoms with E-state index in [0.29, 0.717) is 19.3 Å². The Morgan fingerprint density at radius 2 is 2.43 bits per heavy atom. The SMILES string of the molecule is CC1(O)CCOCC1C1CCCN1Cc1ccncc1Cl. The van der Waals surface area contributed by atoms with Crippen molar-refractivity contribution in [1.29, 1.82) is 0 Å². The van der Waals surface area contributed by atoms with Crippen LogP contribution in [0.1, 0.15) is 31.7 Å². The summed E-state index contributed by atoms with van der Waals surface area (Å²) in [6, 6.07) is 2.34. The van der Waals surface area contributed by atoms with Crippen LogP contribution >= 0.6 is 11.6 Å². The van der Waals surface area contributed by atoms with Gasteiger partial charge in [-0.15, -0.1) is 0 Å². The summed E-state index contributed by atoms with van der Waals surface area (Å²) in [6.45, 7) is 5.13. The number of halogens is 1. The smallest absolute Gasteiger partial charge is 0.0706 e. The van der Waals surface area contributed by atoms with Gasteiger partial charge in [0.1, 0.15) is 0 Å². The molecule has 0 amide bonds. The first-order chi connectivity index (χ1) is 10.1. The number of aliphatic hydroxyl groups is 1. The molecule has 0 aliphatic carbocycles. The lowest BCUT2D eigenvalue weighted by atomic mass is 9.79. The summed E-state index contributed by atoms with van der Waals surface area (Å²) < 4.78 is 5.63. The number of rotatable bonds is 3. The maximum absolute atomic E-state index is 10.7. The highest BCUT2D eigenvalue weighted by atomic mass is 35.5. The van der Waals surface area contributed by atoms with Crippen molar-refractivity contribution in [3.05, 3.63) is 29.0 Å². The molecule has 1 aromatic heterocycles. The van der Waals surface area contributed by atoms with Crippen molar-refractivity contribution < 1.29 is 9.84 Å². The van der Waals surface area contributed by atoms with E-state index in [2.05, 4.69) is 9.88 Å². The zero-order chi connectivity index (χ0) is 14.9. The topological polar surface area (TPSA) is 45.6 Å². The van der Waals surface area contributed by atoms with Crippen LogP contribution in [0.3, 0.4) is 0 Å². The average molecular weight is 311 g/mol. The summed E-state index contributed by atoms with van der Waals surface area (Å²) in [6.07, 6.45) is 6.48. The summed E-state index contributed by atoms with van der Waals surface area (Å²) in [5.41, 5.74) is 0.475. The standard InChI is InChI=1S/C16H23ClN2O2/c1-16(20)5-8-21-11-13(16)15-3-2-7-19(15)10-12-4-6-18-9-14(12)17/h4,6,9,13,15,20H,2-3,5,7-8,10-11H2,1H3. The van der Waals surface area contributed by atoms with Crippen LogP contribution < -0.4 is 0 Å². The van der Waals surface area contributed by atoms with Gasteiger partial charge in [0.05, 0.1) is 17.2 Å². The largest absolute Gasteiger partial charge is 0.390 e. The van der Waals surface area contributed by atoms with Gasteiger partial charge in [-0.3, -0.25) is 9.88 Å². The molecule has 0 bridgehead atoms. The molecule has 0 saturated carbocycles. The van der Waals surface area contributed by atoms with E-state index in [-0.39, 0.29) is 5.92 Å². The highest BCUT2D eigenvalue weighted by Crippen LogP contribution is 2.36. The Morgan fingerprint density at radius 1 is 1.57 bits per heavy atom. The highest BCUT2D eigenvalue weighted by Gasteiger charge is 2.43. The van der Waals surface area contributed by atoms with Crippen LogP contribution in [0.5, 0.6) is 0 Å². The molecule has 4 nitrogen and oxygen atoms in total. The van der Waals surface area contributed by atoms with Crippen molar-refractivity contribution >= 4 is 11.6 Å². The summed E-state index contributed by atoms with van der Waals surface area (Å²) in [7, 11) is 0. The van der Waals surface area contributed by atoms with Crippen LogP contribution in [0.25, 0.3) is 0 Å². The highest BCUT2D eigenvalue weighted by molar-refractivity contribution is 6.31. The molecule has 3 unspecified atom stereocenters. The number of hydrogen-bond acceptors (Lipinski definition) is 4. The van der Waals surface area contributed by atoms with Gasteiger partial charge in [-0.05, 0) is 44.4 Å². The zero-order valence-corrected chi connectivity index (χ0v) is 13.2. The van der Waals surface area contributed by atoms with Gasteiger partial charge in [-0.1, -0.05) is 11.6 Å². The molecule has 21 heavy (non-hydrogen) atoms. The van der Waals surface area contributed by atoms with Crippen molar-refractivity contribution in [3.63, 3.8) is 0 Å². The number of hydrogen-bond donors (Lipinski definition) is 1. The van der Waals surface area contributed by atoms with Gasteiger partial charge < -0.3 is 9.84 Å². The van der Waals surface area contributed by atoms with Crippen LogP contribution in [0.2, 0.25) is 5.02 Å². The molecule has 0 aromatic carbocycles. The molecule has 3 heterocycles. The van der Waals surface area contributed by atoms with E-state index < -0.39 is 5.60 Å². The molecule has 2 fully saturated rings. The second kappa shape index (κ2) is 6.21. The molecule has 1 N–H and O–H groups in total. The molecule has 5 heteroatoms. The van der Waals surface area contributed by atoms with Crippen molar-refractivity contribution in [2.45, 2.75) is 44.4 Å². The van der Waals surface area contributed by atoms with Crippen LogP contribution in [-0.4, -0.2) is 46.4 Å². The molecule has 3 atom stereocenters. The van der Waals surface area contributed by atoms with Crippen LogP contribution in [-0.2, 0) is 11.3 Å². The third kappa shape index (κ3) is 3.24. The van der Waals surface area contributed by atoms with Crippen molar-refractivity contribution in [2.75, 3.05) is 19.8 Å². The Morgan fingerprint density at radius 3 is 3.19 bits per heavy atom. The second-order valence-electron chi connectivity index (χ2n) is 6.44. The molecule has 1 aromatic rings. The molecule has 3 rings (SSSR count). The van der Waals surface area contributed by atoms with E-state index in [1.54, 1.807) is 12.4 Å². The fourth-order valence-corrected chi connectivity index (χ4v) is 3.81. The lowest BCUT2D eigenvalue weighted by molar-refractivity contribution is -0.123. The predicted octanol–water partition coefficient (Wildman–Crippen LogP) is 2.49. The average Bonchev–Trinajstić information content (AvgIpc) is 2.89. The number of ether oxygens (including phenoxy) is 1. The van der Waals surface area contributed by atoms with E-state index in [9.17, 15) is 5.11 Å². The maximum atomic E-state index is 10.7. The third-order valence-corrected chi connectivity index (χ3v) is 5.30. The van der Waals surface area contributed by atoms with E-state index >= 15 is 0 Å². The van der Waals surface area contributed by atoms with Gasteiger partial charge in [0.25, 0.3) is 0 Å². The molecule has 116 valence electrons. The number of aromatic nitrogens is 1. The minimum Gasteiger partial charge on any atom is -0.390 e. The van der Waals surface area contributed by atoms with Crippen molar-refractivity contribution in [1.82, 2.24) is 9.88 Å². The zero-order valence-electron chi connectivity index (χ0n) is 12.5. The Labute approximate surface area is 131 Å². The molecular weight excluding hydrogens is 288 g/mol. The van der Waals surface area contributed by atoms with E-state index in [0.717, 1.165) is 36.5 Å². The Balaban J connectivity index is 1.75. The van der Waals surface area contributed by atoms with Gasteiger partial charge in [-0.2, -0.15) is 0 Å². The van der Waals surface area contributed by atoms with Gasteiger partial charge in [0, 0.05) is 37.5 Å². The summed E-state index contributed by atoms with van der Waals surface area (Å²) in [5, 5.41) is 11.4. The fourth-order valence-electron chi connectivity index (χ4n) is 3.63. The van der Waals surface area contributed by atoms with Gasteiger partial charge in [0.2, 0.25) is 0 Å². The minimum atomic E-state index is -0.631. The van der Waals surface area contributed by atoms with Crippen LogP contribution in [0, 0.1) is 5.92 Å². The maximum Gasteiger partial charge on any atom is 0.0706 e. The molecule has 2 aliphatic heterocycles. The van der Waals surface area contributed by atoms with Gasteiger partial charge >= 0.3 is 0 Å². The number of nitrogens with zero attached hydrogens (tertiary/aromatic N) is 2.